The van der Waals surface area contributed by atoms with E-state index in [0.717, 1.165) is 48.4 Å². The molecule has 122 valence electrons. The Bertz CT molecular complexity index is 488. The first-order valence-corrected chi connectivity index (χ1v) is 9.76. The van der Waals surface area contributed by atoms with Crippen LogP contribution in [0.1, 0.15) is 24.8 Å². The number of hydrogen-bond donors (Lipinski definition) is 2. The van der Waals surface area contributed by atoms with Crippen LogP contribution in [0.5, 0.6) is 0 Å². The van der Waals surface area contributed by atoms with Gasteiger partial charge in [-0.1, -0.05) is 30.3 Å². The van der Waals surface area contributed by atoms with E-state index in [1.54, 1.807) is 0 Å². The molecule has 22 heavy (non-hydrogen) atoms. The van der Waals surface area contributed by atoms with Gasteiger partial charge in [0.25, 0.3) is 0 Å². The Labute approximate surface area is 134 Å². The van der Waals surface area contributed by atoms with E-state index in [-0.39, 0.29) is 17.0 Å². The topological polar surface area (TPSA) is 49.8 Å². The molecule has 2 fully saturated rings. The van der Waals surface area contributed by atoms with Gasteiger partial charge in [-0.2, -0.15) is 0 Å². The van der Waals surface area contributed by atoms with Crippen LogP contribution in [0.3, 0.4) is 0 Å². The molecule has 4 nitrogen and oxygen atoms in total. The van der Waals surface area contributed by atoms with Crippen molar-refractivity contribution in [1.29, 1.82) is 0 Å². The van der Waals surface area contributed by atoms with Gasteiger partial charge in [0.05, 0.1) is 0 Å². The first-order valence-electron chi connectivity index (χ1n) is 8.10. The lowest BCUT2D eigenvalue weighted by Gasteiger charge is -2.32. The van der Waals surface area contributed by atoms with Crippen LogP contribution in [0.4, 0.5) is 4.79 Å². The third-order valence-corrected chi connectivity index (χ3v) is 7.84. The summed E-state index contributed by atoms with van der Waals surface area (Å²) in [6.07, 6.45) is 3.01. The van der Waals surface area contributed by atoms with Crippen LogP contribution in [-0.4, -0.2) is 52.0 Å². The van der Waals surface area contributed by atoms with Crippen molar-refractivity contribution in [2.75, 3.05) is 25.4 Å². The molecule has 1 unspecified atom stereocenters. The summed E-state index contributed by atoms with van der Waals surface area (Å²) in [7, 11) is 0.141. The summed E-state index contributed by atoms with van der Waals surface area (Å²) >= 11 is 0. The first kappa shape index (κ1) is 15.7. The van der Waals surface area contributed by atoms with E-state index >= 15 is 0 Å². The van der Waals surface area contributed by atoms with Crippen molar-refractivity contribution in [3.05, 3.63) is 35.9 Å². The summed E-state index contributed by atoms with van der Waals surface area (Å²) in [5, 5.41) is 10.6. The van der Waals surface area contributed by atoms with Gasteiger partial charge in [-0.25, -0.2) is 15.7 Å². The fourth-order valence-electron chi connectivity index (χ4n) is 3.24. The van der Waals surface area contributed by atoms with E-state index in [4.69, 9.17) is 9.84 Å². The van der Waals surface area contributed by atoms with Crippen LogP contribution >= 0.6 is 10.9 Å². The number of thiol groups is 1. The average molecular weight is 323 g/mol. The number of hydrogen-bond acceptors (Lipinski definition) is 3. The molecule has 0 saturated carbocycles. The summed E-state index contributed by atoms with van der Waals surface area (Å²) in [5.41, 5.74) is 1.03. The maximum atomic E-state index is 12.1. The summed E-state index contributed by atoms with van der Waals surface area (Å²) in [5.74, 6) is 1.33. The van der Waals surface area contributed by atoms with Gasteiger partial charge in [-0.15, -0.1) is 0 Å². The van der Waals surface area contributed by atoms with E-state index < -0.39 is 0 Å². The predicted molar refractivity (Wildman–Crippen MR) is 90.6 cm³/mol. The molecule has 2 aliphatic heterocycles. The Morgan fingerprint density at radius 2 is 2.00 bits per heavy atom. The quantitative estimate of drug-likeness (QED) is 0.647. The zero-order chi connectivity index (χ0) is 15.4. The monoisotopic (exact) mass is 323 g/mol. The van der Waals surface area contributed by atoms with Crippen molar-refractivity contribution < 1.29 is 14.6 Å². The van der Waals surface area contributed by atoms with Crippen molar-refractivity contribution in [3.8, 4) is 0 Å². The second-order valence-electron chi connectivity index (χ2n) is 6.12. The average Bonchev–Trinajstić information content (AvgIpc) is 3.33. The molecular weight excluding hydrogens is 298 g/mol. The molecule has 0 aromatic heterocycles. The Hall–Kier alpha value is -1.20. The number of rotatable bonds is 5. The molecular formula is C17H25NO3S. The van der Waals surface area contributed by atoms with Crippen molar-refractivity contribution in [1.82, 2.24) is 4.90 Å². The third kappa shape index (κ3) is 3.96. The van der Waals surface area contributed by atoms with Crippen molar-refractivity contribution in [3.63, 3.8) is 0 Å². The van der Waals surface area contributed by atoms with Crippen molar-refractivity contribution >= 4 is 17.0 Å². The molecule has 2 heterocycles. The molecule has 0 spiro atoms. The molecule has 1 amide bonds. The molecule has 1 aromatic rings. The molecule has 0 bridgehead atoms. The Balaban J connectivity index is 1.39. The van der Waals surface area contributed by atoms with E-state index in [1.807, 2.05) is 35.2 Å². The van der Waals surface area contributed by atoms with Crippen LogP contribution in [0.25, 0.3) is 0 Å². The van der Waals surface area contributed by atoms with Gasteiger partial charge in [0, 0.05) is 19.7 Å². The number of aliphatic hydroxyl groups excluding tert-OH is 1. The second-order valence-corrected chi connectivity index (χ2v) is 8.98. The number of piperidine rings is 1. The Morgan fingerprint density at radius 3 is 2.68 bits per heavy atom. The molecule has 2 aliphatic rings. The predicted octanol–water partition coefficient (Wildman–Crippen LogP) is 2.55. The highest BCUT2D eigenvalue weighted by molar-refractivity contribution is 8.24. The van der Waals surface area contributed by atoms with Crippen LogP contribution in [0.15, 0.2) is 30.3 Å². The van der Waals surface area contributed by atoms with Gasteiger partial charge in [-0.05, 0) is 41.1 Å². The van der Waals surface area contributed by atoms with Gasteiger partial charge in [-0.3, -0.25) is 0 Å². The molecule has 1 aromatic carbocycles. The van der Waals surface area contributed by atoms with E-state index in [1.165, 1.54) is 5.75 Å². The van der Waals surface area contributed by atoms with Gasteiger partial charge < -0.3 is 14.7 Å². The number of nitrogens with zero attached hydrogens (tertiary/aromatic N) is 1. The minimum absolute atomic E-state index is 0.141. The van der Waals surface area contributed by atoms with Gasteiger partial charge in [0.1, 0.15) is 6.61 Å². The van der Waals surface area contributed by atoms with Gasteiger partial charge in [0.15, 0.2) is 0 Å². The summed E-state index contributed by atoms with van der Waals surface area (Å²) in [6, 6.07) is 9.80. The maximum Gasteiger partial charge on any atom is 0.410 e. The van der Waals surface area contributed by atoms with Crippen molar-refractivity contribution in [2.45, 2.75) is 36.4 Å². The fraction of sp³-hybridized carbons (Fsp3) is 0.588. The molecule has 3 rings (SSSR count). The standard InChI is InChI=1S/C17H25NO3S/c19-11-8-16-13-22(16)15-6-9-18(10-7-15)17(20)21-12-14-4-2-1-3-5-14/h1-5,15-16,19,22H,6-13H2/t16-/m1/s1. The Kier molecular flexibility index (Phi) is 5.26. The SMILES string of the molecule is O=C(OCc1ccccc1)N1CCC([SH]2C[C@H]2CCO)CC1. The lowest BCUT2D eigenvalue weighted by Crippen LogP contribution is -2.39. The zero-order valence-corrected chi connectivity index (χ0v) is 13.8. The van der Waals surface area contributed by atoms with E-state index in [2.05, 4.69) is 0 Å². The van der Waals surface area contributed by atoms with Crippen LogP contribution in [0, 0.1) is 0 Å². The van der Waals surface area contributed by atoms with E-state index in [0.29, 0.717) is 13.2 Å². The largest absolute Gasteiger partial charge is 0.445 e. The molecule has 2 saturated heterocycles. The summed E-state index contributed by atoms with van der Waals surface area (Å²) in [6.45, 7) is 2.32. The maximum absolute atomic E-state index is 12.1. The van der Waals surface area contributed by atoms with E-state index in [9.17, 15) is 4.79 Å². The number of carbonyl (C=O) groups excluding carboxylic acids is 1. The highest BCUT2D eigenvalue weighted by Gasteiger charge is 2.40. The molecule has 5 heteroatoms. The third-order valence-electron chi connectivity index (χ3n) is 4.62. The number of ether oxygens (including phenoxy) is 1. The Morgan fingerprint density at radius 1 is 1.27 bits per heavy atom. The van der Waals surface area contributed by atoms with Crippen molar-refractivity contribution in [2.24, 2.45) is 0 Å². The second kappa shape index (κ2) is 7.38. The number of carbonyl (C=O) groups is 1. The fourth-order valence-corrected chi connectivity index (χ4v) is 6.33. The first-order chi connectivity index (χ1) is 10.8. The number of amides is 1. The number of likely N-dealkylation sites (tertiary alicyclic amines) is 1. The molecule has 1 N–H and O–H groups in total. The summed E-state index contributed by atoms with van der Waals surface area (Å²) in [4.78, 5) is 14.0. The normalized spacial score (nSPS) is 26.7. The van der Waals surface area contributed by atoms with Crippen LogP contribution in [0.2, 0.25) is 0 Å². The lowest BCUT2D eigenvalue weighted by atomic mass is 10.1. The summed E-state index contributed by atoms with van der Waals surface area (Å²) < 4.78 is 5.40. The zero-order valence-electron chi connectivity index (χ0n) is 12.9. The molecule has 0 radical (unpaired) electrons. The minimum atomic E-state index is -0.183. The highest BCUT2D eigenvalue weighted by atomic mass is 32.2. The number of aliphatic hydroxyl groups is 1. The lowest BCUT2D eigenvalue weighted by molar-refractivity contribution is 0.0901. The molecule has 0 aliphatic carbocycles. The molecule has 2 atom stereocenters. The smallest absolute Gasteiger partial charge is 0.410 e. The van der Waals surface area contributed by atoms with Gasteiger partial charge in [0.2, 0.25) is 0 Å². The minimum Gasteiger partial charge on any atom is -0.445 e. The van der Waals surface area contributed by atoms with Crippen LogP contribution < -0.4 is 0 Å². The van der Waals surface area contributed by atoms with Crippen LogP contribution in [-0.2, 0) is 11.3 Å². The highest BCUT2D eigenvalue weighted by Crippen LogP contribution is 2.57. The van der Waals surface area contributed by atoms with Gasteiger partial charge >= 0.3 is 6.09 Å². The number of benzene rings is 1.